The van der Waals surface area contributed by atoms with E-state index in [1.807, 2.05) is 18.4 Å². The Bertz CT molecular complexity index is 704. The van der Waals surface area contributed by atoms with Gasteiger partial charge in [0.15, 0.2) is 17.6 Å². The van der Waals surface area contributed by atoms with Crippen LogP contribution in [0.1, 0.15) is 25.2 Å². The van der Waals surface area contributed by atoms with Gasteiger partial charge in [-0.3, -0.25) is 4.99 Å². The van der Waals surface area contributed by atoms with Crippen LogP contribution < -0.4 is 10.6 Å². The lowest BCUT2D eigenvalue weighted by molar-refractivity contribution is 0.499. The van der Waals surface area contributed by atoms with Gasteiger partial charge in [-0.2, -0.15) is 0 Å². The highest BCUT2D eigenvalue weighted by Crippen LogP contribution is 2.11. The van der Waals surface area contributed by atoms with Gasteiger partial charge in [0, 0.05) is 32.6 Å². The highest BCUT2D eigenvalue weighted by molar-refractivity contribution is 14.0. The number of nitrogens with zero attached hydrogens (tertiary/aromatic N) is 4. The van der Waals surface area contributed by atoms with E-state index in [-0.39, 0.29) is 24.0 Å². The number of nitrogens with one attached hydrogen (secondary N) is 2. The Kier molecular flexibility index (Phi) is 10.1. The molecule has 0 aliphatic rings. The summed E-state index contributed by atoms with van der Waals surface area (Å²) in [5, 5.41) is 14.3. The second kappa shape index (κ2) is 11.8. The van der Waals surface area contributed by atoms with Gasteiger partial charge in [-0.05, 0) is 25.0 Å². The first-order valence-electron chi connectivity index (χ1n) is 8.47. The van der Waals surface area contributed by atoms with Crippen LogP contribution in [0.4, 0.5) is 8.78 Å². The van der Waals surface area contributed by atoms with Crippen LogP contribution in [-0.2, 0) is 19.4 Å². The van der Waals surface area contributed by atoms with Crippen LogP contribution in [0.15, 0.2) is 29.5 Å². The fourth-order valence-electron chi connectivity index (χ4n) is 2.41. The maximum absolute atomic E-state index is 13.6. The van der Waals surface area contributed by atoms with E-state index in [1.165, 1.54) is 6.07 Å². The van der Waals surface area contributed by atoms with Crippen LogP contribution in [0.5, 0.6) is 0 Å². The number of rotatable bonds is 8. The summed E-state index contributed by atoms with van der Waals surface area (Å²) in [6.07, 6.45) is 2.87. The Morgan fingerprint density at radius 2 is 2.04 bits per heavy atom. The molecule has 6 nitrogen and oxygen atoms in total. The van der Waals surface area contributed by atoms with Gasteiger partial charge in [-0.25, -0.2) is 8.78 Å². The zero-order chi connectivity index (χ0) is 18.1. The topological polar surface area (TPSA) is 67.1 Å². The minimum absolute atomic E-state index is 0. The van der Waals surface area contributed by atoms with Gasteiger partial charge >= 0.3 is 0 Å². The van der Waals surface area contributed by atoms with Crippen molar-refractivity contribution in [2.45, 2.75) is 33.2 Å². The summed E-state index contributed by atoms with van der Waals surface area (Å²) in [4.78, 5) is 4.41. The molecule has 2 rings (SSSR count). The average molecular weight is 478 g/mol. The highest BCUT2D eigenvalue weighted by Gasteiger charge is 2.07. The van der Waals surface area contributed by atoms with Gasteiger partial charge in [0.05, 0.1) is 0 Å². The van der Waals surface area contributed by atoms with E-state index < -0.39 is 11.6 Å². The molecular weight excluding hydrogens is 453 g/mol. The predicted octanol–water partition coefficient (Wildman–Crippen LogP) is 2.53. The Balaban J connectivity index is 0.00000338. The zero-order valence-corrected chi connectivity index (χ0v) is 17.3. The van der Waals surface area contributed by atoms with Crippen molar-refractivity contribution in [3.63, 3.8) is 0 Å². The van der Waals surface area contributed by atoms with E-state index in [0.717, 1.165) is 24.9 Å². The van der Waals surface area contributed by atoms with Crippen LogP contribution in [0.3, 0.4) is 0 Å². The molecule has 0 unspecified atom stereocenters. The standard InChI is InChI=1S/C17H24F2N6.HI/c1-3-15-24-23-12-25(15)11-10-22-17(20-4-2)21-9-8-13-6-5-7-14(18)16(13)19;/h5-7,12H,3-4,8-11H2,1-2H3,(H2,20,21,22);1H. The van der Waals surface area contributed by atoms with E-state index in [0.29, 0.717) is 37.6 Å². The van der Waals surface area contributed by atoms with Gasteiger partial charge in [-0.15, -0.1) is 34.2 Å². The van der Waals surface area contributed by atoms with Crippen LogP contribution in [0.25, 0.3) is 0 Å². The van der Waals surface area contributed by atoms with Gasteiger partial charge in [0.1, 0.15) is 12.2 Å². The molecule has 2 aromatic rings. The Morgan fingerprint density at radius 3 is 2.77 bits per heavy atom. The lowest BCUT2D eigenvalue weighted by Crippen LogP contribution is -2.39. The summed E-state index contributed by atoms with van der Waals surface area (Å²) in [5.41, 5.74) is 0.330. The van der Waals surface area contributed by atoms with Crippen LogP contribution >= 0.6 is 24.0 Å². The van der Waals surface area contributed by atoms with E-state index >= 15 is 0 Å². The smallest absolute Gasteiger partial charge is 0.191 e. The highest BCUT2D eigenvalue weighted by atomic mass is 127. The Morgan fingerprint density at radius 1 is 1.23 bits per heavy atom. The normalized spacial score (nSPS) is 11.2. The lowest BCUT2D eigenvalue weighted by Gasteiger charge is -2.12. The Labute approximate surface area is 169 Å². The molecule has 0 aliphatic carbocycles. The van der Waals surface area contributed by atoms with E-state index in [1.54, 1.807) is 12.4 Å². The van der Waals surface area contributed by atoms with Crippen LogP contribution in [-0.4, -0.2) is 40.4 Å². The predicted molar refractivity (Wildman–Crippen MR) is 109 cm³/mol. The molecule has 0 atom stereocenters. The molecule has 0 saturated carbocycles. The number of aliphatic imine (C=N–C) groups is 1. The summed E-state index contributed by atoms with van der Waals surface area (Å²) in [6, 6.07) is 4.20. The molecule has 0 radical (unpaired) electrons. The lowest BCUT2D eigenvalue weighted by atomic mass is 10.1. The van der Waals surface area contributed by atoms with Crippen LogP contribution in [0, 0.1) is 11.6 Å². The number of hydrogen-bond acceptors (Lipinski definition) is 3. The van der Waals surface area contributed by atoms with Crippen molar-refractivity contribution in [1.29, 1.82) is 0 Å². The molecule has 0 saturated heterocycles. The summed E-state index contributed by atoms with van der Waals surface area (Å²) in [5.74, 6) is -0.0432. The molecule has 0 amide bonds. The third-order valence-corrected chi connectivity index (χ3v) is 3.68. The molecule has 2 N–H and O–H groups in total. The third-order valence-electron chi connectivity index (χ3n) is 3.68. The number of aromatic nitrogens is 3. The molecule has 1 aromatic heterocycles. The van der Waals surface area contributed by atoms with Crippen molar-refractivity contribution in [3.05, 3.63) is 47.5 Å². The molecule has 144 valence electrons. The minimum atomic E-state index is -0.827. The quantitative estimate of drug-likeness (QED) is 0.348. The van der Waals surface area contributed by atoms with E-state index in [4.69, 9.17) is 0 Å². The molecule has 1 aromatic carbocycles. The van der Waals surface area contributed by atoms with Gasteiger partial charge in [-0.1, -0.05) is 19.1 Å². The molecule has 0 fully saturated rings. The van der Waals surface area contributed by atoms with Crippen molar-refractivity contribution in [1.82, 2.24) is 25.4 Å². The Hall–Kier alpha value is -1.78. The fraction of sp³-hybridized carbons (Fsp3) is 0.471. The molecular formula is C17H25F2IN6. The van der Waals surface area contributed by atoms with Crippen molar-refractivity contribution in [2.24, 2.45) is 4.99 Å². The SMILES string of the molecule is CCNC(=NCCc1cccc(F)c1F)NCCn1cnnc1CC.I. The van der Waals surface area contributed by atoms with Crippen LogP contribution in [0.2, 0.25) is 0 Å². The molecule has 9 heteroatoms. The minimum Gasteiger partial charge on any atom is -0.357 e. The van der Waals surface area contributed by atoms with Gasteiger partial charge in [0.2, 0.25) is 0 Å². The van der Waals surface area contributed by atoms with Crippen molar-refractivity contribution in [3.8, 4) is 0 Å². The number of aryl methyl sites for hydroxylation is 1. The summed E-state index contributed by atoms with van der Waals surface area (Å²) >= 11 is 0. The maximum atomic E-state index is 13.6. The zero-order valence-electron chi connectivity index (χ0n) is 15.0. The number of benzene rings is 1. The van der Waals surface area contributed by atoms with E-state index in [2.05, 4.69) is 25.8 Å². The average Bonchev–Trinajstić information content (AvgIpc) is 3.06. The number of guanidine groups is 1. The largest absolute Gasteiger partial charge is 0.357 e. The first-order chi connectivity index (χ1) is 12.2. The van der Waals surface area contributed by atoms with Crippen molar-refractivity contribution >= 4 is 29.9 Å². The molecule has 0 spiro atoms. The molecule has 0 aliphatic heterocycles. The van der Waals surface area contributed by atoms with E-state index in [9.17, 15) is 8.78 Å². The van der Waals surface area contributed by atoms with Crippen molar-refractivity contribution in [2.75, 3.05) is 19.6 Å². The maximum Gasteiger partial charge on any atom is 0.191 e. The first kappa shape index (κ1) is 22.3. The van der Waals surface area contributed by atoms with Gasteiger partial charge < -0.3 is 15.2 Å². The summed E-state index contributed by atoms with van der Waals surface area (Å²) in [6.45, 7) is 6.46. The fourth-order valence-corrected chi connectivity index (χ4v) is 2.41. The molecule has 0 bridgehead atoms. The summed E-state index contributed by atoms with van der Waals surface area (Å²) in [7, 11) is 0. The second-order valence-electron chi connectivity index (χ2n) is 5.44. The summed E-state index contributed by atoms with van der Waals surface area (Å²) < 4.78 is 28.8. The molecule has 26 heavy (non-hydrogen) atoms. The van der Waals surface area contributed by atoms with Gasteiger partial charge in [0.25, 0.3) is 0 Å². The monoisotopic (exact) mass is 478 g/mol. The third kappa shape index (κ3) is 6.50. The second-order valence-corrected chi connectivity index (χ2v) is 5.44. The first-order valence-corrected chi connectivity index (χ1v) is 8.47. The number of halogens is 3. The van der Waals surface area contributed by atoms with Crippen molar-refractivity contribution < 1.29 is 8.78 Å². The molecule has 1 heterocycles. The number of hydrogen-bond donors (Lipinski definition) is 2.